The third-order valence-corrected chi connectivity index (χ3v) is 3.58. The molecule has 1 N–H and O–H groups in total. The van der Waals surface area contributed by atoms with Crippen LogP contribution in [-0.2, 0) is 0 Å². The lowest BCUT2D eigenvalue weighted by atomic mass is 10.2. The molecule has 2 rings (SSSR count). The summed E-state index contributed by atoms with van der Waals surface area (Å²) in [5, 5.41) is 10.9. The summed E-state index contributed by atoms with van der Waals surface area (Å²) in [6.07, 6.45) is 0. The summed E-state index contributed by atoms with van der Waals surface area (Å²) in [5.74, 6) is -0.724. The minimum absolute atomic E-state index is 0.00795. The van der Waals surface area contributed by atoms with Crippen LogP contribution in [0.4, 0.5) is 4.39 Å². The first-order chi connectivity index (χ1) is 10.5. The van der Waals surface area contributed by atoms with Gasteiger partial charge < -0.3 is 10.2 Å². The van der Waals surface area contributed by atoms with Gasteiger partial charge in [0.2, 0.25) is 0 Å². The Morgan fingerprint density at radius 1 is 1.50 bits per heavy atom. The molecule has 8 heteroatoms. The van der Waals surface area contributed by atoms with E-state index in [-0.39, 0.29) is 16.6 Å². The number of halogens is 2. The molecule has 1 heterocycles. The third kappa shape index (κ3) is 3.26. The largest absolute Gasteiger partial charge is 0.339 e. The number of nitrogens with one attached hydrogen (secondary N) is 1. The Morgan fingerprint density at radius 3 is 2.86 bits per heavy atom. The number of hydrogen-bond donors (Lipinski definition) is 1. The van der Waals surface area contributed by atoms with Gasteiger partial charge in [-0.15, -0.1) is 5.10 Å². The summed E-state index contributed by atoms with van der Waals surface area (Å²) < 4.78 is 14.7. The van der Waals surface area contributed by atoms with Gasteiger partial charge in [0.05, 0.1) is 16.4 Å². The van der Waals surface area contributed by atoms with Gasteiger partial charge in [0, 0.05) is 20.1 Å². The second-order valence-corrected chi connectivity index (χ2v) is 5.27. The van der Waals surface area contributed by atoms with E-state index >= 15 is 0 Å². The quantitative estimate of drug-likeness (QED) is 0.908. The van der Waals surface area contributed by atoms with Crippen molar-refractivity contribution in [1.29, 1.82) is 0 Å². The molecule has 0 spiro atoms. The van der Waals surface area contributed by atoms with Crippen LogP contribution in [0.15, 0.2) is 18.2 Å². The van der Waals surface area contributed by atoms with E-state index in [9.17, 15) is 9.18 Å². The number of rotatable bonds is 5. The first-order valence-corrected chi connectivity index (χ1v) is 7.11. The molecule has 0 unspecified atom stereocenters. The highest BCUT2D eigenvalue weighted by Gasteiger charge is 2.20. The molecular formula is C14H17ClFN5O. The topological polar surface area (TPSA) is 63.1 Å². The van der Waals surface area contributed by atoms with E-state index in [2.05, 4.69) is 15.6 Å². The summed E-state index contributed by atoms with van der Waals surface area (Å²) in [6.45, 7) is 2.98. The van der Waals surface area contributed by atoms with Crippen molar-refractivity contribution in [2.45, 2.75) is 6.92 Å². The molecule has 6 nitrogen and oxygen atoms in total. The maximum atomic E-state index is 13.2. The lowest BCUT2D eigenvalue weighted by molar-refractivity contribution is 0.0790. The minimum atomic E-state index is -0.508. The van der Waals surface area contributed by atoms with Crippen LogP contribution < -0.4 is 5.32 Å². The number of amides is 1. The molecular weight excluding hydrogens is 309 g/mol. The Balaban J connectivity index is 2.29. The average Bonchev–Trinajstić information content (AvgIpc) is 2.88. The molecule has 1 amide bonds. The van der Waals surface area contributed by atoms with Crippen LogP contribution in [0.5, 0.6) is 0 Å². The van der Waals surface area contributed by atoms with Crippen LogP contribution in [0.1, 0.15) is 16.2 Å². The highest BCUT2D eigenvalue weighted by atomic mass is 35.5. The molecule has 2 aromatic rings. The molecule has 0 saturated carbocycles. The van der Waals surface area contributed by atoms with Crippen molar-refractivity contribution in [2.24, 2.45) is 0 Å². The summed E-state index contributed by atoms with van der Waals surface area (Å²) in [6, 6.07) is 4.22. The normalized spacial score (nSPS) is 10.8. The fraction of sp³-hybridized carbons (Fsp3) is 0.357. The van der Waals surface area contributed by atoms with Crippen molar-refractivity contribution in [2.75, 3.05) is 27.2 Å². The van der Waals surface area contributed by atoms with Crippen molar-refractivity contribution in [3.63, 3.8) is 0 Å². The van der Waals surface area contributed by atoms with E-state index in [0.29, 0.717) is 24.5 Å². The summed E-state index contributed by atoms with van der Waals surface area (Å²) in [4.78, 5) is 13.9. The van der Waals surface area contributed by atoms with E-state index in [1.165, 1.54) is 22.9 Å². The third-order valence-electron chi connectivity index (χ3n) is 3.29. The zero-order valence-corrected chi connectivity index (χ0v) is 13.4. The number of nitrogens with zero attached hydrogens (tertiary/aromatic N) is 4. The smallest absolute Gasteiger partial charge is 0.276 e. The van der Waals surface area contributed by atoms with Crippen LogP contribution in [0.2, 0.25) is 5.02 Å². The van der Waals surface area contributed by atoms with Crippen LogP contribution in [-0.4, -0.2) is 53.0 Å². The van der Waals surface area contributed by atoms with Gasteiger partial charge >= 0.3 is 0 Å². The Kier molecular flexibility index (Phi) is 5.10. The first kappa shape index (κ1) is 16.4. The van der Waals surface area contributed by atoms with Gasteiger partial charge in [-0.3, -0.25) is 4.79 Å². The SMILES string of the molecule is CNCCN(C)C(=O)c1nnn(-c2ccc(F)c(Cl)c2)c1C. The van der Waals surface area contributed by atoms with Gasteiger partial charge in [-0.05, 0) is 32.2 Å². The van der Waals surface area contributed by atoms with E-state index in [1.54, 1.807) is 18.9 Å². The second kappa shape index (κ2) is 6.85. The van der Waals surface area contributed by atoms with Crippen molar-refractivity contribution in [1.82, 2.24) is 25.2 Å². The highest BCUT2D eigenvalue weighted by molar-refractivity contribution is 6.30. The summed E-state index contributed by atoms with van der Waals surface area (Å²) in [5.41, 5.74) is 1.39. The van der Waals surface area contributed by atoms with Crippen LogP contribution in [0.25, 0.3) is 5.69 Å². The fourth-order valence-corrected chi connectivity index (χ4v) is 2.13. The van der Waals surface area contributed by atoms with Crippen molar-refractivity contribution in [3.8, 4) is 5.69 Å². The molecule has 0 fully saturated rings. The number of aromatic nitrogens is 3. The molecule has 118 valence electrons. The Hall–Kier alpha value is -1.99. The lowest BCUT2D eigenvalue weighted by Crippen LogP contribution is -2.33. The van der Waals surface area contributed by atoms with Gasteiger partial charge in [0.25, 0.3) is 5.91 Å². The second-order valence-electron chi connectivity index (χ2n) is 4.86. The standard InChI is InChI=1S/C14H17ClFN5O/c1-9-13(14(22)20(3)7-6-17-2)18-19-21(9)10-4-5-12(16)11(15)8-10/h4-5,8,17H,6-7H2,1-3H3. The van der Waals surface area contributed by atoms with Gasteiger partial charge in [-0.2, -0.15) is 0 Å². The van der Waals surface area contributed by atoms with Crippen LogP contribution in [0, 0.1) is 12.7 Å². The molecule has 0 radical (unpaired) electrons. The maximum Gasteiger partial charge on any atom is 0.276 e. The predicted molar refractivity (Wildman–Crippen MR) is 82.0 cm³/mol. The number of carbonyl (C=O) groups excluding carboxylic acids is 1. The molecule has 1 aromatic heterocycles. The van der Waals surface area contributed by atoms with Crippen molar-refractivity contribution in [3.05, 3.63) is 40.4 Å². The van der Waals surface area contributed by atoms with E-state index in [0.717, 1.165) is 0 Å². The number of likely N-dealkylation sites (N-methyl/N-ethyl adjacent to an activating group) is 2. The molecule has 0 bridgehead atoms. The van der Waals surface area contributed by atoms with Crippen molar-refractivity contribution >= 4 is 17.5 Å². The first-order valence-electron chi connectivity index (χ1n) is 6.73. The van der Waals surface area contributed by atoms with Crippen molar-refractivity contribution < 1.29 is 9.18 Å². The molecule has 0 aliphatic carbocycles. The molecule has 0 aliphatic rings. The molecule has 0 aliphatic heterocycles. The Labute approximate surface area is 132 Å². The van der Waals surface area contributed by atoms with Gasteiger partial charge in [0.15, 0.2) is 5.69 Å². The van der Waals surface area contributed by atoms with Gasteiger partial charge in [-0.1, -0.05) is 16.8 Å². The van der Waals surface area contributed by atoms with Crippen LogP contribution in [0.3, 0.4) is 0 Å². The number of hydrogen-bond acceptors (Lipinski definition) is 4. The Bertz CT molecular complexity index is 688. The predicted octanol–water partition coefficient (Wildman–Crippen LogP) is 1.66. The number of carbonyl (C=O) groups is 1. The molecule has 0 saturated heterocycles. The Morgan fingerprint density at radius 2 is 2.23 bits per heavy atom. The zero-order chi connectivity index (χ0) is 16.3. The molecule has 22 heavy (non-hydrogen) atoms. The van der Waals surface area contributed by atoms with E-state index in [1.807, 2.05) is 7.05 Å². The fourth-order valence-electron chi connectivity index (χ4n) is 1.95. The zero-order valence-electron chi connectivity index (χ0n) is 12.6. The highest BCUT2D eigenvalue weighted by Crippen LogP contribution is 2.20. The minimum Gasteiger partial charge on any atom is -0.339 e. The molecule has 1 aromatic carbocycles. The lowest BCUT2D eigenvalue weighted by Gasteiger charge is -2.15. The van der Waals surface area contributed by atoms with E-state index in [4.69, 9.17) is 11.6 Å². The van der Waals surface area contributed by atoms with E-state index < -0.39 is 5.82 Å². The summed E-state index contributed by atoms with van der Waals surface area (Å²) >= 11 is 5.77. The van der Waals surface area contributed by atoms with Crippen LogP contribution >= 0.6 is 11.6 Å². The average molecular weight is 326 g/mol. The molecule has 0 atom stereocenters. The summed E-state index contributed by atoms with van der Waals surface area (Å²) in [7, 11) is 3.52. The monoisotopic (exact) mass is 325 g/mol. The number of benzene rings is 1. The van der Waals surface area contributed by atoms with Gasteiger partial charge in [-0.25, -0.2) is 9.07 Å². The van der Waals surface area contributed by atoms with Gasteiger partial charge in [0.1, 0.15) is 5.82 Å². The maximum absolute atomic E-state index is 13.2.